The van der Waals surface area contributed by atoms with E-state index in [-0.39, 0.29) is 6.42 Å². The van der Waals surface area contributed by atoms with Crippen LogP contribution in [0.5, 0.6) is 5.75 Å². The van der Waals surface area contributed by atoms with E-state index in [0.29, 0.717) is 24.3 Å². The van der Waals surface area contributed by atoms with Crippen LogP contribution < -0.4 is 10.5 Å². The molecule has 1 atom stereocenters. The van der Waals surface area contributed by atoms with Gasteiger partial charge in [-0.15, -0.1) is 0 Å². The van der Waals surface area contributed by atoms with Crippen molar-refractivity contribution in [2.45, 2.75) is 18.9 Å². The van der Waals surface area contributed by atoms with Crippen molar-refractivity contribution in [1.82, 2.24) is 0 Å². The Balaban J connectivity index is 2.45. The Bertz CT molecular complexity index is 371. The average molecular weight is 241 g/mol. The van der Waals surface area contributed by atoms with E-state index in [0.717, 1.165) is 0 Å². The quantitative estimate of drug-likeness (QED) is 0.715. The molecule has 0 aliphatic rings. The highest BCUT2D eigenvalue weighted by Crippen LogP contribution is 2.18. The van der Waals surface area contributed by atoms with E-state index in [9.17, 15) is 9.18 Å². The molecule has 5 heteroatoms. The lowest BCUT2D eigenvalue weighted by Gasteiger charge is -2.10. The van der Waals surface area contributed by atoms with Crippen LogP contribution in [0, 0.1) is 0 Å². The first-order valence-corrected chi connectivity index (χ1v) is 5.39. The highest BCUT2D eigenvalue weighted by molar-refractivity contribution is 5.66. The summed E-state index contributed by atoms with van der Waals surface area (Å²) in [4.78, 5) is 10.3. The van der Waals surface area contributed by atoms with Gasteiger partial charge in [-0.05, 0) is 24.1 Å². The van der Waals surface area contributed by atoms with Crippen LogP contribution in [0.2, 0.25) is 0 Å². The summed E-state index contributed by atoms with van der Waals surface area (Å²) in [6.07, 6.45) is 0.512. The maximum Gasteiger partial charge on any atom is 0.303 e. The van der Waals surface area contributed by atoms with Gasteiger partial charge in [-0.3, -0.25) is 4.79 Å². The van der Waals surface area contributed by atoms with Crippen LogP contribution in [-0.4, -0.2) is 24.4 Å². The molecule has 0 fully saturated rings. The van der Waals surface area contributed by atoms with Gasteiger partial charge in [0, 0.05) is 6.42 Å². The molecule has 3 N–H and O–H groups in total. The first kappa shape index (κ1) is 13.4. The van der Waals surface area contributed by atoms with Gasteiger partial charge in [0.05, 0.1) is 12.6 Å². The van der Waals surface area contributed by atoms with Gasteiger partial charge < -0.3 is 15.6 Å². The van der Waals surface area contributed by atoms with Gasteiger partial charge in [-0.1, -0.05) is 12.1 Å². The molecule has 0 radical (unpaired) electrons. The van der Waals surface area contributed by atoms with E-state index in [1.165, 1.54) is 0 Å². The number of aliphatic carboxylic acids is 1. The minimum Gasteiger partial charge on any atom is -0.494 e. The van der Waals surface area contributed by atoms with Crippen LogP contribution in [0.15, 0.2) is 24.3 Å². The lowest BCUT2D eigenvalue weighted by Crippen LogP contribution is -2.12. The van der Waals surface area contributed by atoms with Crippen LogP contribution in [0.3, 0.4) is 0 Å². The number of alkyl halides is 1. The predicted molar refractivity (Wildman–Crippen MR) is 61.7 cm³/mol. The van der Waals surface area contributed by atoms with Gasteiger partial charge in [0.2, 0.25) is 0 Å². The van der Waals surface area contributed by atoms with Gasteiger partial charge in [0.25, 0.3) is 0 Å². The van der Waals surface area contributed by atoms with Crippen LogP contribution in [-0.2, 0) is 4.79 Å². The number of hydrogen-bond acceptors (Lipinski definition) is 3. The summed E-state index contributed by atoms with van der Waals surface area (Å²) in [6.45, 7) is -0.302. The minimum absolute atomic E-state index is 0.0731. The first-order valence-electron chi connectivity index (χ1n) is 5.39. The summed E-state index contributed by atoms with van der Waals surface area (Å²) < 4.78 is 17.7. The number of carboxylic acids is 1. The molecule has 1 unspecified atom stereocenters. The van der Waals surface area contributed by atoms with E-state index in [4.69, 9.17) is 15.6 Å². The number of hydrogen-bond donors (Lipinski definition) is 2. The Morgan fingerprint density at radius 2 is 2.29 bits per heavy atom. The van der Waals surface area contributed by atoms with Gasteiger partial charge >= 0.3 is 5.97 Å². The number of ether oxygens (including phenoxy) is 1. The van der Waals surface area contributed by atoms with Crippen molar-refractivity contribution in [3.63, 3.8) is 0 Å². The molecule has 0 aromatic heterocycles. The lowest BCUT2D eigenvalue weighted by atomic mass is 10.1. The summed E-state index contributed by atoms with van der Waals surface area (Å²) >= 11 is 0. The third-order valence-electron chi connectivity index (χ3n) is 2.26. The van der Waals surface area contributed by atoms with E-state index in [2.05, 4.69) is 0 Å². The fourth-order valence-electron chi connectivity index (χ4n) is 1.34. The summed E-state index contributed by atoms with van der Waals surface area (Å²) in [7, 11) is 0. The minimum atomic E-state index is -0.846. The Labute approximate surface area is 99.2 Å². The molecule has 17 heavy (non-hydrogen) atoms. The second-order valence-corrected chi connectivity index (χ2v) is 3.68. The zero-order valence-electron chi connectivity index (χ0n) is 9.43. The number of carbonyl (C=O) groups is 1. The van der Waals surface area contributed by atoms with Crippen LogP contribution >= 0.6 is 0 Å². The molecule has 0 bridgehead atoms. The summed E-state index contributed by atoms with van der Waals surface area (Å²) in [6, 6.07) is 6.23. The maximum atomic E-state index is 12.4. The molecular formula is C12H16FNO3. The predicted octanol–water partition coefficient (Wildman–Crippen LogP) is 1.90. The van der Waals surface area contributed by atoms with Crippen molar-refractivity contribution in [1.29, 1.82) is 0 Å². The van der Waals surface area contributed by atoms with E-state index >= 15 is 0 Å². The van der Waals surface area contributed by atoms with E-state index < -0.39 is 18.7 Å². The monoisotopic (exact) mass is 241 g/mol. The number of benzene rings is 1. The fraction of sp³-hybridized carbons (Fsp3) is 0.417. The second-order valence-electron chi connectivity index (χ2n) is 3.68. The third-order valence-corrected chi connectivity index (χ3v) is 2.26. The van der Waals surface area contributed by atoms with Crippen molar-refractivity contribution in [2.75, 3.05) is 13.3 Å². The van der Waals surface area contributed by atoms with Gasteiger partial charge in [-0.25, -0.2) is 4.39 Å². The smallest absolute Gasteiger partial charge is 0.303 e. The largest absolute Gasteiger partial charge is 0.494 e. The van der Waals surface area contributed by atoms with Crippen LogP contribution in [0.1, 0.15) is 24.4 Å². The number of halogens is 1. The Hall–Kier alpha value is -1.62. The topological polar surface area (TPSA) is 72.5 Å². The zero-order chi connectivity index (χ0) is 12.7. The molecule has 0 heterocycles. The van der Waals surface area contributed by atoms with Gasteiger partial charge in [-0.2, -0.15) is 0 Å². The molecule has 4 nitrogen and oxygen atoms in total. The van der Waals surface area contributed by atoms with Crippen LogP contribution in [0.25, 0.3) is 0 Å². The van der Waals surface area contributed by atoms with E-state index in [1.54, 1.807) is 24.3 Å². The normalized spacial score (nSPS) is 12.1. The molecule has 1 aromatic carbocycles. The second kappa shape index (κ2) is 6.85. The van der Waals surface area contributed by atoms with Crippen molar-refractivity contribution >= 4 is 5.97 Å². The molecular weight excluding hydrogens is 225 g/mol. The first-order chi connectivity index (χ1) is 8.13. The summed E-state index contributed by atoms with van der Waals surface area (Å²) in [5.74, 6) is -0.265. The Kier molecular flexibility index (Phi) is 5.42. The highest BCUT2D eigenvalue weighted by Gasteiger charge is 2.06. The molecule has 0 aliphatic heterocycles. The fourth-order valence-corrected chi connectivity index (χ4v) is 1.34. The Morgan fingerprint density at radius 3 is 2.94 bits per heavy atom. The number of carboxylic acid groups (broad SMARTS) is 1. The van der Waals surface area contributed by atoms with Crippen molar-refractivity contribution in [3.8, 4) is 5.75 Å². The zero-order valence-corrected chi connectivity index (χ0v) is 9.43. The van der Waals surface area contributed by atoms with Crippen LogP contribution in [0.4, 0.5) is 4.39 Å². The summed E-state index contributed by atoms with van der Waals surface area (Å²) in [5, 5.41) is 8.45. The van der Waals surface area contributed by atoms with Crippen molar-refractivity contribution < 1.29 is 19.0 Å². The maximum absolute atomic E-state index is 12.4. The number of nitrogens with two attached hydrogens (primary N) is 1. The standard InChI is InChI=1S/C12H16FNO3/c13-8-11(14)9-3-1-4-10(7-9)17-6-2-5-12(15)16/h1,3-4,7,11H,2,5-6,8,14H2,(H,15,16). The van der Waals surface area contributed by atoms with Gasteiger partial charge in [0.1, 0.15) is 12.4 Å². The molecule has 94 valence electrons. The molecule has 0 amide bonds. The molecule has 0 saturated carbocycles. The highest BCUT2D eigenvalue weighted by atomic mass is 19.1. The molecule has 0 saturated heterocycles. The molecule has 0 spiro atoms. The summed E-state index contributed by atoms with van der Waals surface area (Å²) in [5.41, 5.74) is 6.22. The average Bonchev–Trinajstić information content (AvgIpc) is 2.34. The molecule has 0 aliphatic carbocycles. The number of rotatable bonds is 7. The van der Waals surface area contributed by atoms with Gasteiger partial charge in [0.15, 0.2) is 0 Å². The SMILES string of the molecule is NC(CF)c1cccc(OCCCC(=O)O)c1. The third kappa shape index (κ3) is 4.82. The van der Waals surface area contributed by atoms with Crippen molar-refractivity contribution in [3.05, 3.63) is 29.8 Å². The van der Waals surface area contributed by atoms with E-state index in [1.807, 2.05) is 0 Å². The Morgan fingerprint density at radius 1 is 1.53 bits per heavy atom. The van der Waals surface area contributed by atoms with Crippen molar-refractivity contribution in [2.24, 2.45) is 5.73 Å². The molecule has 1 aromatic rings. The lowest BCUT2D eigenvalue weighted by molar-refractivity contribution is -0.137. The molecule has 1 rings (SSSR count).